The molecule has 2 amide bonds. The molecule has 3 aromatic rings. The number of benzene rings is 2. The number of piperazine rings is 1. The van der Waals surface area contributed by atoms with Crippen molar-refractivity contribution in [3.05, 3.63) is 89.9 Å². The lowest BCUT2D eigenvalue weighted by Crippen LogP contribution is -2.50. The fourth-order valence-corrected chi connectivity index (χ4v) is 4.06. The van der Waals surface area contributed by atoms with Gasteiger partial charge in [-0.15, -0.1) is 0 Å². The van der Waals surface area contributed by atoms with Crippen LogP contribution in [-0.4, -0.2) is 49.4 Å². The van der Waals surface area contributed by atoms with Gasteiger partial charge in [-0.2, -0.15) is 0 Å². The lowest BCUT2D eigenvalue weighted by atomic mass is 10.1. The Balaban J connectivity index is 1.31. The Morgan fingerprint density at radius 1 is 0.879 bits per heavy atom. The van der Waals surface area contributed by atoms with Crippen LogP contribution in [0.2, 0.25) is 0 Å². The fourth-order valence-electron chi connectivity index (χ4n) is 4.06. The number of furan rings is 1. The molecule has 172 valence electrons. The third-order valence-corrected chi connectivity index (χ3v) is 5.98. The summed E-state index contributed by atoms with van der Waals surface area (Å²) in [7, 11) is 0. The SMILES string of the molecule is Cc1ccc(CNC(=O)C(=O)NCC(c2ccco2)N2CCN(c3ccccc3)CC2)cc1. The van der Waals surface area contributed by atoms with Crippen LogP contribution in [0.25, 0.3) is 0 Å². The van der Waals surface area contributed by atoms with Crippen molar-refractivity contribution in [2.75, 3.05) is 37.6 Å². The van der Waals surface area contributed by atoms with Crippen molar-refractivity contribution in [1.29, 1.82) is 0 Å². The number of anilines is 1. The van der Waals surface area contributed by atoms with Gasteiger partial charge in [0.15, 0.2) is 0 Å². The number of nitrogens with one attached hydrogen (secondary N) is 2. The van der Waals surface area contributed by atoms with Crippen molar-refractivity contribution in [3.63, 3.8) is 0 Å². The van der Waals surface area contributed by atoms with E-state index in [1.165, 1.54) is 5.69 Å². The Hall–Kier alpha value is -3.58. The maximum absolute atomic E-state index is 12.4. The molecule has 0 bridgehead atoms. The van der Waals surface area contributed by atoms with Crippen molar-refractivity contribution < 1.29 is 14.0 Å². The van der Waals surface area contributed by atoms with E-state index in [9.17, 15) is 9.59 Å². The summed E-state index contributed by atoms with van der Waals surface area (Å²) in [5.41, 5.74) is 3.31. The monoisotopic (exact) mass is 446 g/mol. The Morgan fingerprint density at radius 2 is 1.58 bits per heavy atom. The van der Waals surface area contributed by atoms with Gasteiger partial charge in [0.2, 0.25) is 0 Å². The number of aryl methyl sites for hydroxylation is 1. The summed E-state index contributed by atoms with van der Waals surface area (Å²) in [5, 5.41) is 5.48. The second kappa shape index (κ2) is 10.8. The van der Waals surface area contributed by atoms with Crippen LogP contribution < -0.4 is 15.5 Å². The quantitative estimate of drug-likeness (QED) is 0.546. The predicted octanol–water partition coefficient (Wildman–Crippen LogP) is 2.88. The molecule has 2 N–H and O–H groups in total. The van der Waals surface area contributed by atoms with Crippen LogP contribution in [0.15, 0.2) is 77.4 Å². The van der Waals surface area contributed by atoms with Gasteiger partial charge in [0.25, 0.3) is 0 Å². The summed E-state index contributed by atoms with van der Waals surface area (Å²) >= 11 is 0. The lowest BCUT2D eigenvalue weighted by Gasteiger charge is -2.39. The molecule has 2 heterocycles. The van der Waals surface area contributed by atoms with Crippen LogP contribution in [0.4, 0.5) is 5.69 Å². The summed E-state index contributed by atoms with van der Waals surface area (Å²) < 4.78 is 5.66. The zero-order valence-corrected chi connectivity index (χ0v) is 18.9. The number of carbonyl (C=O) groups is 2. The third-order valence-electron chi connectivity index (χ3n) is 5.98. The van der Waals surface area contributed by atoms with E-state index in [1.807, 2.05) is 61.5 Å². The van der Waals surface area contributed by atoms with E-state index >= 15 is 0 Å². The van der Waals surface area contributed by atoms with Crippen molar-refractivity contribution >= 4 is 17.5 Å². The summed E-state index contributed by atoms with van der Waals surface area (Å²) in [4.78, 5) is 29.4. The first-order chi connectivity index (χ1) is 16.1. The molecular formula is C26H30N4O3. The molecule has 4 rings (SSSR count). The molecule has 7 heteroatoms. The van der Waals surface area contributed by atoms with E-state index in [4.69, 9.17) is 4.42 Å². The van der Waals surface area contributed by atoms with Crippen LogP contribution in [-0.2, 0) is 16.1 Å². The maximum Gasteiger partial charge on any atom is 0.309 e. The van der Waals surface area contributed by atoms with Crippen molar-refractivity contribution in [3.8, 4) is 0 Å². The van der Waals surface area contributed by atoms with Crippen LogP contribution in [0.5, 0.6) is 0 Å². The molecule has 7 nitrogen and oxygen atoms in total. The summed E-state index contributed by atoms with van der Waals surface area (Å²) in [6.45, 7) is 6.04. The van der Waals surface area contributed by atoms with E-state index in [0.717, 1.165) is 43.1 Å². The molecule has 0 spiro atoms. The summed E-state index contributed by atoms with van der Waals surface area (Å²) in [5.74, 6) is -0.493. The number of nitrogens with zero attached hydrogens (tertiary/aromatic N) is 2. The van der Waals surface area contributed by atoms with Crippen molar-refractivity contribution in [2.45, 2.75) is 19.5 Å². The van der Waals surface area contributed by atoms with Gasteiger partial charge in [0.1, 0.15) is 5.76 Å². The average Bonchev–Trinajstić information content (AvgIpc) is 3.39. The highest BCUT2D eigenvalue weighted by Gasteiger charge is 2.28. The van der Waals surface area contributed by atoms with Crippen molar-refractivity contribution in [2.24, 2.45) is 0 Å². The van der Waals surface area contributed by atoms with Crippen LogP contribution in [0, 0.1) is 6.92 Å². The molecule has 1 aliphatic heterocycles. The van der Waals surface area contributed by atoms with Gasteiger partial charge in [0.05, 0.1) is 12.3 Å². The highest BCUT2D eigenvalue weighted by molar-refractivity contribution is 6.35. The van der Waals surface area contributed by atoms with Crippen molar-refractivity contribution in [1.82, 2.24) is 15.5 Å². The first-order valence-electron chi connectivity index (χ1n) is 11.3. The number of amides is 2. The number of hydrogen-bond donors (Lipinski definition) is 2. The van der Waals surface area contributed by atoms with E-state index in [-0.39, 0.29) is 6.04 Å². The molecule has 1 aromatic heterocycles. The maximum atomic E-state index is 12.4. The largest absolute Gasteiger partial charge is 0.468 e. The molecule has 1 saturated heterocycles. The van der Waals surface area contributed by atoms with Gasteiger partial charge in [-0.05, 0) is 36.8 Å². The van der Waals surface area contributed by atoms with E-state index in [2.05, 4.69) is 32.6 Å². The Morgan fingerprint density at radius 3 is 2.24 bits per heavy atom. The summed E-state index contributed by atoms with van der Waals surface area (Å²) in [6, 6.07) is 21.8. The fraction of sp³-hybridized carbons (Fsp3) is 0.308. The van der Waals surface area contributed by atoms with E-state index in [0.29, 0.717) is 13.1 Å². The minimum Gasteiger partial charge on any atom is -0.468 e. The van der Waals surface area contributed by atoms with Gasteiger partial charge in [-0.25, -0.2) is 0 Å². The van der Waals surface area contributed by atoms with Crippen LogP contribution >= 0.6 is 0 Å². The third kappa shape index (κ3) is 6.02. The number of hydrogen-bond acceptors (Lipinski definition) is 5. The van der Waals surface area contributed by atoms with Gasteiger partial charge >= 0.3 is 11.8 Å². The second-order valence-electron chi connectivity index (χ2n) is 8.27. The highest BCUT2D eigenvalue weighted by atomic mass is 16.3. The van der Waals surface area contributed by atoms with E-state index in [1.54, 1.807) is 6.26 Å². The normalized spacial score (nSPS) is 15.1. The zero-order chi connectivity index (χ0) is 23.0. The molecule has 1 atom stereocenters. The van der Waals surface area contributed by atoms with Crippen LogP contribution in [0.1, 0.15) is 22.9 Å². The minimum absolute atomic E-state index is 0.133. The predicted molar refractivity (Wildman–Crippen MR) is 128 cm³/mol. The topological polar surface area (TPSA) is 77.8 Å². The van der Waals surface area contributed by atoms with Gasteiger partial charge < -0.3 is 20.0 Å². The molecular weight excluding hydrogens is 416 g/mol. The molecule has 0 aliphatic carbocycles. The Bertz CT molecular complexity index is 1030. The zero-order valence-electron chi connectivity index (χ0n) is 18.9. The molecule has 1 aliphatic rings. The highest BCUT2D eigenvalue weighted by Crippen LogP contribution is 2.24. The number of carbonyl (C=O) groups excluding carboxylic acids is 2. The number of rotatable bonds is 7. The van der Waals surface area contributed by atoms with Crippen LogP contribution in [0.3, 0.4) is 0 Å². The average molecular weight is 447 g/mol. The smallest absolute Gasteiger partial charge is 0.309 e. The number of para-hydroxylation sites is 1. The first kappa shape index (κ1) is 22.6. The molecule has 2 aromatic carbocycles. The van der Waals surface area contributed by atoms with E-state index < -0.39 is 11.8 Å². The lowest BCUT2D eigenvalue weighted by molar-refractivity contribution is -0.139. The second-order valence-corrected chi connectivity index (χ2v) is 8.27. The molecule has 0 radical (unpaired) electrons. The van der Waals surface area contributed by atoms with Gasteiger partial charge in [-0.1, -0.05) is 48.0 Å². The Kier molecular flexibility index (Phi) is 7.42. The van der Waals surface area contributed by atoms with Gasteiger partial charge in [0, 0.05) is 45.0 Å². The Labute approximate surface area is 194 Å². The summed E-state index contributed by atoms with van der Waals surface area (Å²) in [6.07, 6.45) is 1.64. The molecule has 1 unspecified atom stereocenters. The standard InChI is InChI=1S/C26H30N4O3/c1-20-9-11-21(12-10-20)18-27-25(31)26(32)28-19-23(24-8-5-17-33-24)30-15-13-29(14-16-30)22-6-3-2-4-7-22/h2-12,17,23H,13-16,18-19H2,1H3,(H,27,31)(H,28,32). The first-order valence-corrected chi connectivity index (χ1v) is 11.3. The minimum atomic E-state index is -0.637. The molecule has 0 saturated carbocycles. The molecule has 1 fully saturated rings. The van der Waals surface area contributed by atoms with Gasteiger partial charge in [-0.3, -0.25) is 14.5 Å². The molecule has 33 heavy (non-hydrogen) atoms.